The summed E-state index contributed by atoms with van der Waals surface area (Å²) >= 11 is 5.87. The second kappa shape index (κ2) is 7.01. The maximum Gasteiger partial charge on any atom is 0.230 e. The smallest absolute Gasteiger partial charge is 0.230 e. The molecule has 1 aliphatic rings. The summed E-state index contributed by atoms with van der Waals surface area (Å²) in [7, 11) is 0. The van der Waals surface area contributed by atoms with E-state index >= 15 is 0 Å². The third kappa shape index (κ3) is 3.74. The van der Waals surface area contributed by atoms with E-state index in [0.29, 0.717) is 23.9 Å². The average Bonchev–Trinajstić information content (AvgIpc) is 2.93. The van der Waals surface area contributed by atoms with Gasteiger partial charge in [0.15, 0.2) is 0 Å². The normalized spacial score (nSPS) is 17.2. The van der Waals surface area contributed by atoms with Crippen LogP contribution in [0.4, 0.5) is 5.82 Å². The molecule has 124 valence electrons. The lowest BCUT2D eigenvalue weighted by Crippen LogP contribution is -2.28. The van der Waals surface area contributed by atoms with Crippen molar-refractivity contribution in [2.45, 2.75) is 19.9 Å². The van der Waals surface area contributed by atoms with Crippen LogP contribution in [0.15, 0.2) is 42.6 Å². The molecule has 5 nitrogen and oxygen atoms in total. The molecule has 1 aliphatic heterocycles. The Morgan fingerprint density at radius 1 is 1.33 bits per heavy atom. The van der Waals surface area contributed by atoms with Gasteiger partial charge in [-0.1, -0.05) is 29.8 Å². The van der Waals surface area contributed by atoms with Gasteiger partial charge in [0, 0.05) is 30.7 Å². The maximum atomic E-state index is 12.4. The van der Waals surface area contributed by atoms with Crippen LogP contribution in [0.3, 0.4) is 0 Å². The molecule has 2 aromatic rings. The molecule has 1 aromatic heterocycles. The molecule has 1 atom stereocenters. The predicted octanol–water partition coefficient (Wildman–Crippen LogP) is 3.03. The minimum absolute atomic E-state index is 0.0113. The van der Waals surface area contributed by atoms with Crippen molar-refractivity contribution in [3.63, 3.8) is 0 Å². The van der Waals surface area contributed by atoms with Crippen LogP contribution >= 0.6 is 11.6 Å². The van der Waals surface area contributed by atoms with Gasteiger partial charge in [0.05, 0.1) is 5.92 Å². The van der Waals surface area contributed by atoms with Gasteiger partial charge >= 0.3 is 0 Å². The van der Waals surface area contributed by atoms with Crippen LogP contribution < -0.4 is 5.32 Å². The van der Waals surface area contributed by atoms with E-state index in [9.17, 15) is 9.59 Å². The zero-order valence-corrected chi connectivity index (χ0v) is 14.1. The Kier molecular flexibility index (Phi) is 4.81. The monoisotopic (exact) mass is 343 g/mol. The molecule has 1 fully saturated rings. The van der Waals surface area contributed by atoms with Crippen LogP contribution in [-0.4, -0.2) is 28.2 Å². The summed E-state index contributed by atoms with van der Waals surface area (Å²) in [5, 5.41) is 3.48. The molecule has 0 aliphatic carbocycles. The molecule has 0 spiro atoms. The van der Waals surface area contributed by atoms with E-state index in [2.05, 4.69) is 10.3 Å². The highest BCUT2D eigenvalue weighted by atomic mass is 35.5. The number of nitrogens with one attached hydrogen (secondary N) is 1. The average molecular weight is 344 g/mol. The lowest BCUT2D eigenvalue weighted by Gasteiger charge is -2.17. The summed E-state index contributed by atoms with van der Waals surface area (Å²) in [6, 6.07) is 11.1. The molecular weight excluding hydrogens is 326 g/mol. The van der Waals surface area contributed by atoms with E-state index in [1.54, 1.807) is 23.2 Å². The molecule has 3 rings (SSSR count). The Labute approximate surface area is 145 Å². The number of hydrogen-bond acceptors (Lipinski definition) is 3. The topological polar surface area (TPSA) is 62.3 Å². The van der Waals surface area contributed by atoms with E-state index < -0.39 is 0 Å². The van der Waals surface area contributed by atoms with Gasteiger partial charge in [0.2, 0.25) is 11.8 Å². The standard InChI is InChI=1S/C18H18ClN3O2/c1-12-3-2-8-20-17(12)21-18(24)14-9-16(23)22(11-14)10-13-4-6-15(19)7-5-13/h2-8,14H,9-11H2,1H3,(H,20,21,24)/t14-/m0/s1. The fourth-order valence-corrected chi connectivity index (χ4v) is 2.87. The van der Waals surface area contributed by atoms with Gasteiger partial charge < -0.3 is 10.2 Å². The van der Waals surface area contributed by atoms with Crippen molar-refractivity contribution in [2.24, 2.45) is 5.92 Å². The summed E-state index contributed by atoms with van der Waals surface area (Å²) in [5.74, 6) is 0.0175. The quantitative estimate of drug-likeness (QED) is 0.928. The number of carbonyl (C=O) groups is 2. The van der Waals surface area contributed by atoms with Crippen molar-refractivity contribution in [1.82, 2.24) is 9.88 Å². The van der Waals surface area contributed by atoms with Crippen molar-refractivity contribution >= 4 is 29.2 Å². The highest BCUT2D eigenvalue weighted by Gasteiger charge is 2.34. The first-order chi connectivity index (χ1) is 11.5. The number of hydrogen-bond donors (Lipinski definition) is 1. The number of rotatable bonds is 4. The van der Waals surface area contributed by atoms with Crippen molar-refractivity contribution in [1.29, 1.82) is 0 Å². The number of aryl methyl sites for hydroxylation is 1. The molecule has 0 bridgehead atoms. The lowest BCUT2D eigenvalue weighted by molar-refractivity contribution is -0.128. The zero-order chi connectivity index (χ0) is 17.1. The summed E-state index contributed by atoms with van der Waals surface area (Å²) < 4.78 is 0. The van der Waals surface area contributed by atoms with Gasteiger partial charge in [-0.15, -0.1) is 0 Å². The second-order valence-corrected chi connectivity index (χ2v) is 6.40. The van der Waals surface area contributed by atoms with E-state index in [1.165, 1.54) is 0 Å². The molecule has 0 saturated carbocycles. The van der Waals surface area contributed by atoms with Gasteiger partial charge in [-0.3, -0.25) is 9.59 Å². The Morgan fingerprint density at radius 3 is 2.79 bits per heavy atom. The van der Waals surface area contributed by atoms with Crippen LogP contribution in [0.25, 0.3) is 0 Å². The van der Waals surface area contributed by atoms with Crippen LogP contribution in [-0.2, 0) is 16.1 Å². The first-order valence-corrected chi connectivity index (χ1v) is 8.15. The highest BCUT2D eigenvalue weighted by Crippen LogP contribution is 2.22. The number of amides is 2. The summed E-state index contributed by atoms with van der Waals surface area (Å²) in [5.41, 5.74) is 1.89. The van der Waals surface area contributed by atoms with E-state index in [-0.39, 0.29) is 24.2 Å². The van der Waals surface area contributed by atoms with Crippen LogP contribution in [0.5, 0.6) is 0 Å². The van der Waals surface area contributed by atoms with Gasteiger partial charge in [0.1, 0.15) is 5.82 Å². The maximum absolute atomic E-state index is 12.4. The van der Waals surface area contributed by atoms with Gasteiger partial charge in [-0.25, -0.2) is 4.98 Å². The predicted molar refractivity (Wildman–Crippen MR) is 92.6 cm³/mol. The zero-order valence-electron chi connectivity index (χ0n) is 13.3. The Bertz CT molecular complexity index is 761. The second-order valence-electron chi connectivity index (χ2n) is 5.96. The molecule has 2 amide bonds. The molecule has 2 heterocycles. The van der Waals surface area contributed by atoms with Crippen molar-refractivity contribution < 1.29 is 9.59 Å². The number of carbonyl (C=O) groups excluding carboxylic acids is 2. The Hall–Kier alpha value is -2.40. The molecule has 1 N–H and O–H groups in total. The SMILES string of the molecule is Cc1cccnc1NC(=O)[C@H]1CC(=O)N(Cc2ccc(Cl)cc2)C1. The first-order valence-electron chi connectivity index (χ1n) is 7.77. The molecule has 1 saturated heterocycles. The fourth-order valence-electron chi connectivity index (χ4n) is 2.75. The summed E-state index contributed by atoms with van der Waals surface area (Å²) in [6.07, 6.45) is 1.86. The molecular formula is C18H18ClN3O2. The van der Waals surface area contributed by atoms with Gasteiger partial charge in [-0.05, 0) is 36.2 Å². The summed E-state index contributed by atoms with van der Waals surface area (Å²) in [4.78, 5) is 30.5. The first kappa shape index (κ1) is 16.5. The minimum atomic E-state index is -0.355. The van der Waals surface area contributed by atoms with Crippen LogP contribution in [0.1, 0.15) is 17.5 Å². The van der Waals surface area contributed by atoms with Crippen molar-refractivity contribution in [3.05, 3.63) is 58.7 Å². The molecule has 0 unspecified atom stereocenters. The van der Waals surface area contributed by atoms with Gasteiger partial charge in [0.25, 0.3) is 0 Å². The molecule has 1 aromatic carbocycles. The van der Waals surface area contributed by atoms with Crippen LogP contribution in [0, 0.1) is 12.8 Å². The number of anilines is 1. The van der Waals surface area contributed by atoms with Gasteiger partial charge in [-0.2, -0.15) is 0 Å². The highest BCUT2D eigenvalue weighted by molar-refractivity contribution is 6.30. The van der Waals surface area contributed by atoms with Crippen molar-refractivity contribution in [2.75, 3.05) is 11.9 Å². The fraction of sp³-hybridized carbons (Fsp3) is 0.278. The minimum Gasteiger partial charge on any atom is -0.338 e. The Balaban J connectivity index is 1.62. The molecule has 24 heavy (non-hydrogen) atoms. The number of halogens is 1. The number of benzene rings is 1. The summed E-state index contributed by atoms with van der Waals surface area (Å²) in [6.45, 7) is 2.79. The van der Waals surface area contributed by atoms with Crippen molar-refractivity contribution in [3.8, 4) is 0 Å². The number of nitrogens with zero attached hydrogens (tertiary/aromatic N) is 2. The van der Waals surface area contributed by atoms with E-state index in [4.69, 9.17) is 11.6 Å². The Morgan fingerprint density at radius 2 is 2.08 bits per heavy atom. The molecule has 6 heteroatoms. The number of pyridine rings is 1. The van der Waals surface area contributed by atoms with E-state index in [0.717, 1.165) is 11.1 Å². The third-order valence-electron chi connectivity index (χ3n) is 4.12. The number of aromatic nitrogens is 1. The van der Waals surface area contributed by atoms with Crippen LogP contribution in [0.2, 0.25) is 5.02 Å². The third-order valence-corrected chi connectivity index (χ3v) is 4.38. The largest absolute Gasteiger partial charge is 0.338 e. The molecule has 0 radical (unpaired) electrons. The lowest BCUT2D eigenvalue weighted by atomic mass is 10.1. The number of likely N-dealkylation sites (tertiary alicyclic amines) is 1. The van der Waals surface area contributed by atoms with E-state index in [1.807, 2.05) is 31.2 Å².